The first-order chi connectivity index (χ1) is 10.2. The quantitative estimate of drug-likeness (QED) is 0.616. The molecule has 0 fully saturated rings. The van der Waals surface area contributed by atoms with Crippen LogP contribution in [-0.4, -0.2) is 29.8 Å². The lowest BCUT2D eigenvalue weighted by molar-refractivity contribution is -0.146. The van der Waals surface area contributed by atoms with Crippen LogP contribution in [0, 0.1) is 11.6 Å². The first-order valence-corrected chi connectivity index (χ1v) is 7.76. The van der Waals surface area contributed by atoms with E-state index in [4.69, 9.17) is 4.74 Å². The molecule has 22 heavy (non-hydrogen) atoms. The SMILES string of the molecule is CCC(C)(C)NC(=O)COC(=O)CSc1cc(F)ccc1F. The number of ether oxygens (including phenoxy) is 1. The summed E-state index contributed by atoms with van der Waals surface area (Å²) in [5.74, 6) is -2.47. The van der Waals surface area contributed by atoms with Gasteiger partial charge < -0.3 is 10.1 Å². The summed E-state index contributed by atoms with van der Waals surface area (Å²) in [7, 11) is 0. The predicted molar refractivity (Wildman–Crippen MR) is 80.6 cm³/mol. The van der Waals surface area contributed by atoms with Crippen LogP contribution in [0.4, 0.5) is 8.78 Å². The molecule has 122 valence electrons. The number of esters is 1. The van der Waals surface area contributed by atoms with Gasteiger partial charge in [0.2, 0.25) is 0 Å². The van der Waals surface area contributed by atoms with Gasteiger partial charge in [0.25, 0.3) is 5.91 Å². The number of rotatable bonds is 7. The summed E-state index contributed by atoms with van der Waals surface area (Å²) in [5.41, 5.74) is -0.372. The molecule has 0 unspecified atom stereocenters. The number of carbonyl (C=O) groups is 2. The summed E-state index contributed by atoms with van der Waals surface area (Å²) in [6.07, 6.45) is 0.737. The molecule has 0 aromatic heterocycles. The molecule has 4 nitrogen and oxygen atoms in total. The molecule has 0 aliphatic rings. The highest BCUT2D eigenvalue weighted by molar-refractivity contribution is 8.00. The topological polar surface area (TPSA) is 55.4 Å². The standard InChI is InChI=1S/C15H19F2NO3S/c1-4-15(2,3)18-13(19)8-21-14(20)9-22-12-7-10(16)5-6-11(12)17/h5-7H,4,8-9H2,1-3H3,(H,18,19). The third kappa shape index (κ3) is 6.43. The molecule has 0 saturated carbocycles. The number of thioether (sulfide) groups is 1. The van der Waals surface area contributed by atoms with E-state index in [2.05, 4.69) is 5.32 Å². The normalized spacial score (nSPS) is 11.1. The minimum Gasteiger partial charge on any atom is -0.455 e. The van der Waals surface area contributed by atoms with Crippen LogP contribution in [0.3, 0.4) is 0 Å². The molecule has 0 radical (unpaired) electrons. The van der Waals surface area contributed by atoms with Gasteiger partial charge in [-0.3, -0.25) is 9.59 Å². The molecule has 0 spiro atoms. The zero-order valence-electron chi connectivity index (χ0n) is 12.7. The van der Waals surface area contributed by atoms with Crippen LogP contribution in [0.15, 0.2) is 23.1 Å². The molecule has 1 N–H and O–H groups in total. The van der Waals surface area contributed by atoms with E-state index in [9.17, 15) is 18.4 Å². The molecule has 1 aromatic carbocycles. The monoisotopic (exact) mass is 331 g/mol. The van der Waals surface area contributed by atoms with Crippen molar-refractivity contribution in [2.75, 3.05) is 12.4 Å². The van der Waals surface area contributed by atoms with Crippen LogP contribution in [0.5, 0.6) is 0 Å². The van der Waals surface area contributed by atoms with Crippen LogP contribution in [0.2, 0.25) is 0 Å². The van der Waals surface area contributed by atoms with Crippen LogP contribution in [0.25, 0.3) is 0 Å². The van der Waals surface area contributed by atoms with E-state index in [1.165, 1.54) is 0 Å². The third-order valence-electron chi connectivity index (χ3n) is 2.96. The van der Waals surface area contributed by atoms with Crippen molar-refractivity contribution in [2.45, 2.75) is 37.6 Å². The number of halogens is 2. The van der Waals surface area contributed by atoms with Gasteiger partial charge in [-0.05, 0) is 38.5 Å². The van der Waals surface area contributed by atoms with E-state index in [0.29, 0.717) is 0 Å². The number of benzene rings is 1. The largest absolute Gasteiger partial charge is 0.455 e. The van der Waals surface area contributed by atoms with Crippen molar-refractivity contribution < 1.29 is 23.1 Å². The highest BCUT2D eigenvalue weighted by atomic mass is 32.2. The lowest BCUT2D eigenvalue weighted by Crippen LogP contribution is -2.44. The minimum absolute atomic E-state index is 0.0218. The third-order valence-corrected chi connectivity index (χ3v) is 3.97. The summed E-state index contributed by atoms with van der Waals surface area (Å²) in [6, 6.07) is 2.99. The van der Waals surface area contributed by atoms with Gasteiger partial charge in [-0.1, -0.05) is 6.92 Å². The Bertz CT molecular complexity index is 550. The Morgan fingerprint density at radius 3 is 2.64 bits per heavy atom. The molecular weight excluding hydrogens is 312 g/mol. The van der Waals surface area contributed by atoms with Gasteiger partial charge in [0.15, 0.2) is 6.61 Å². The smallest absolute Gasteiger partial charge is 0.316 e. The average molecular weight is 331 g/mol. The zero-order chi connectivity index (χ0) is 16.8. The van der Waals surface area contributed by atoms with E-state index in [1.54, 1.807) is 0 Å². The van der Waals surface area contributed by atoms with Crippen molar-refractivity contribution in [2.24, 2.45) is 0 Å². The Labute approximate surface area is 132 Å². The lowest BCUT2D eigenvalue weighted by atomic mass is 10.0. The van der Waals surface area contributed by atoms with Crippen molar-refractivity contribution >= 4 is 23.6 Å². The van der Waals surface area contributed by atoms with E-state index in [-0.39, 0.29) is 16.2 Å². The molecule has 1 aromatic rings. The Kier molecular flexibility index (Phi) is 6.80. The Hall–Kier alpha value is -1.63. The maximum absolute atomic E-state index is 13.4. The highest BCUT2D eigenvalue weighted by Gasteiger charge is 2.18. The zero-order valence-corrected chi connectivity index (χ0v) is 13.6. The lowest BCUT2D eigenvalue weighted by Gasteiger charge is -2.24. The average Bonchev–Trinajstić information content (AvgIpc) is 2.45. The van der Waals surface area contributed by atoms with Gasteiger partial charge in [-0.2, -0.15) is 0 Å². The molecule has 0 aliphatic carbocycles. The molecular formula is C15H19F2NO3S. The highest BCUT2D eigenvalue weighted by Crippen LogP contribution is 2.22. The summed E-state index contributed by atoms with van der Waals surface area (Å²) in [5, 5.41) is 2.72. The fraction of sp³-hybridized carbons (Fsp3) is 0.467. The van der Waals surface area contributed by atoms with Crippen LogP contribution in [-0.2, 0) is 14.3 Å². The van der Waals surface area contributed by atoms with Crippen LogP contribution < -0.4 is 5.32 Å². The van der Waals surface area contributed by atoms with Crippen molar-refractivity contribution in [1.29, 1.82) is 0 Å². The van der Waals surface area contributed by atoms with Gasteiger partial charge in [-0.25, -0.2) is 8.78 Å². The maximum Gasteiger partial charge on any atom is 0.316 e. The number of hydrogen-bond donors (Lipinski definition) is 1. The number of hydrogen-bond acceptors (Lipinski definition) is 4. The van der Waals surface area contributed by atoms with Crippen molar-refractivity contribution in [1.82, 2.24) is 5.32 Å². The second kappa shape index (κ2) is 8.12. The maximum atomic E-state index is 13.4. The Morgan fingerprint density at radius 2 is 2.00 bits per heavy atom. The molecule has 1 amide bonds. The minimum atomic E-state index is -0.668. The summed E-state index contributed by atoms with van der Waals surface area (Å²) >= 11 is 0.817. The van der Waals surface area contributed by atoms with Gasteiger partial charge in [0.05, 0.1) is 5.75 Å². The summed E-state index contributed by atoms with van der Waals surface area (Å²) in [4.78, 5) is 23.1. The molecule has 0 bridgehead atoms. The van der Waals surface area contributed by atoms with Crippen LogP contribution >= 0.6 is 11.8 Å². The Balaban J connectivity index is 2.38. The van der Waals surface area contributed by atoms with E-state index < -0.39 is 30.1 Å². The molecule has 0 saturated heterocycles. The Morgan fingerprint density at radius 1 is 1.32 bits per heavy atom. The molecule has 0 heterocycles. The van der Waals surface area contributed by atoms with E-state index >= 15 is 0 Å². The summed E-state index contributed by atoms with van der Waals surface area (Å²) in [6.45, 7) is 5.25. The van der Waals surface area contributed by atoms with Gasteiger partial charge >= 0.3 is 5.97 Å². The van der Waals surface area contributed by atoms with E-state index in [0.717, 1.165) is 36.4 Å². The molecule has 1 rings (SSSR count). The molecule has 7 heteroatoms. The fourth-order valence-electron chi connectivity index (χ4n) is 1.41. The van der Waals surface area contributed by atoms with Crippen LogP contribution in [0.1, 0.15) is 27.2 Å². The first-order valence-electron chi connectivity index (χ1n) is 6.78. The number of amides is 1. The summed E-state index contributed by atoms with van der Waals surface area (Å²) < 4.78 is 31.1. The van der Waals surface area contributed by atoms with Crippen molar-refractivity contribution in [3.63, 3.8) is 0 Å². The first kappa shape index (κ1) is 18.4. The molecule has 0 atom stereocenters. The van der Waals surface area contributed by atoms with Gasteiger partial charge in [0, 0.05) is 10.4 Å². The van der Waals surface area contributed by atoms with Crippen molar-refractivity contribution in [3.05, 3.63) is 29.8 Å². The fourth-order valence-corrected chi connectivity index (χ4v) is 2.17. The van der Waals surface area contributed by atoms with Gasteiger partial charge in [-0.15, -0.1) is 11.8 Å². The van der Waals surface area contributed by atoms with Crippen molar-refractivity contribution in [3.8, 4) is 0 Å². The second-order valence-electron chi connectivity index (χ2n) is 5.31. The molecule has 0 aliphatic heterocycles. The number of nitrogens with one attached hydrogen (secondary N) is 1. The predicted octanol–water partition coefficient (Wildman–Crippen LogP) is 2.90. The van der Waals surface area contributed by atoms with Gasteiger partial charge in [0.1, 0.15) is 11.6 Å². The van der Waals surface area contributed by atoms with E-state index in [1.807, 2.05) is 20.8 Å². The number of carbonyl (C=O) groups excluding carboxylic acids is 2. The second-order valence-corrected chi connectivity index (χ2v) is 6.33.